The third-order valence-corrected chi connectivity index (χ3v) is 3.59. The normalized spacial score (nSPS) is 13.7. The van der Waals surface area contributed by atoms with E-state index in [0.29, 0.717) is 0 Å². The molecule has 1 N–H and O–H groups in total. The van der Waals surface area contributed by atoms with Crippen molar-refractivity contribution < 1.29 is 0 Å². The quantitative estimate of drug-likeness (QED) is 0.835. The highest BCUT2D eigenvalue weighted by atomic mass is 15.0. The Bertz CT molecular complexity index is 399. The lowest BCUT2D eigenvalue weighted by atomic mass is 9.81. The number of benzene rings is 1. The maximum absolute atomic E-state index is 3.61. The molecule has 0 saturated heterocycles. The topological polar surface area (TPSA) is 12.0 Å². The zero-order valence-corrected chi connectivity index (χ0v) is 14.0. The van der Waals surface area contributed by atoms with Crippen molar-refractivity contribution in [2.75, 3.05) is 6.54 Å². The molecule has 19 heavy (non-hydrogen) atoms. The number of hydrogen-bond donors (Lipinski definition) is 1. The summed E-state index contributed by atoms with van der Waals surface area (Å²) in [7, 11) is 0. The minimum absolute atomic E-state index is 0.156. The average Bonchev–Trinajstić information content (AvgIpc) is 2.25. The van der Waals surface area contributed by atoms with E-state index in [1.807, 2.05) is 0 Å². The van der Waals surface area contributed by atoms with Crippen molar-refractivity contribution in [1.29, 1.82) is 0 Å². The molecule has 0 aliphatic carbocycles. The van der Waals surface area contributed by atoms with Crippen molar-refractivity contribution in [3.8, 4) is 0 Å². The van der Waals surface area contributed by atoms with Crippen molar-refractivity contribution >= 4 is 0 Å². The molecule has 0 atom stereocenters. The van der Waals surface area contributed by atoms with Crippen LogP contribution in [0.15, 0.2) is 24.3 Å². The maximum atomic E-state index is 3.61. The van der Waals surface area contributed by atoms with Gasteiger partial charge in [0.05, 0.1) is 0 Å². The Morgan fingerprint density at radius 3 is 1.53 bits per heavy atom. The fourth-order valence-electron chi connectivity index (χ4n) is 2.01. The molecule has 0 radical (unpaired) electrons. The molecule has 1 nitrogen and oxygen atoms in total. The van der Waals surface area contributed by atoms with Crippen molar-refractivity contribution in [3.05, 3.63) is 35.4 Å². The van der Waals surface area contributed by atoms with E-state index in [0.717, 1.165) is 6.54 Å². The van der Waals surface area contributed by atoms with Crippen molar-refractivity contribution in [2.45, 2.75) is 71.8 Å². The van der Waals surface area contributed by atoms with Crippen molar-refractivity contribution in [2.24, 2.45) is 0 Å². The average molecular weight is 261 g/mol. The van der Waals surface area contributed by atoms with Crippen LogP contribution in [0.25, 0.3) is 0 Å². The summed E-state index contributed by atoms with van der Waals surface area (Å²) in [6.07, 6.45) is 0. The highest BCUT2D eigenvalue weighted by Gasteiger charge is 2.23. The third kappa shape index (κ3) is 4.99. The molecular weight excluding hydrogens is 230 g/mol. The van der Waals surface area contributed by atoms with E-state index in [2.05, 4.69) is 85.0 Å². The van der Waals surface area contributed by atoms with E-state index in [4.69, 9.17) is 0 Å². The van der Waals surface area contributed by atoms with Crippen LogP contribution in [0.3, 0.4) is 0 Å². The molecule has 1 heteroatoms. The van der Waals surface area contributed by atoms with Crippen LogP contribution in [-0.4, -0.2) is 12.1 Å². The Morgan fingerprint density at radius 1 is 0.737 bits per heavy atom. The number of nitrogens with one attached hydrogen (secondary N) is 1. The van der Waals surface area contributed by atoms with E-state index in [-0.39, 0.29) is 16.4 Å². The van der Waals surface area contributed by atoms with Gasteiger partial charge in [0, 0.05) is 17.5 Å². The molecule has 1 rings (SSSR count). The summed E-state index contributed by atoms with van der Waals surface area (Å²) in [5.74, 6) is 0. The molecule has 0 aliphatic rings. The summed E-state index contributed by atoms with van der Waals surface area (Å²) >= 11 is 0. The second-order valence-electron chi connectivity index (χ2n) is 8.31. The fraction of sp³-hybridized carbons (Fsp3) is 0.667. The molecule has 0 unspecified atom stereocenters. The van der Waals surface area contributed by atoms with Gasteiger partial charge in [-0.05, 0) is 37.3 Å². The van der Waals surface area contributed by atoms with Crippen LogP contribution in [0.4, 0.5) is 0 Å². The van der Waals surface area contributed by atoms with Crippen molar-refractivity contribution in [1.82, 2.24) is 5.32 Å². The van der Waals surface area contributed by atoms with E-state index < -0.39 is 0 Å². The molecule has 0 amide bonds. The first-order chi connectivity index (χ1) is 8.42. The third-order valence-electron chi connectivity index (χ3n) is 3.59. The second-order valence-corrected chi connectivity index (χ2v) is 8.31. The van der Waals surface area contributed by atoms with Gasteiger partial charge in [-0.25, -0.2) is 0 Å². The molecule has 0 aliphatic heterocycles. The van der Waals surface area contributed by atoms with Gasteiger partial charge in [-0.1, -0.05) is 58.9 Å². The van der Waals surface area contributed by atoms with Crippen LogP contribution in [0.5, 0.6) is 0 Å². The lowest BCUT2D eigenvalue weighted by Crippen LogP contribution is -2.43. The first-order valence-electron chi connectivity index (χ1n) is 7.28. The van der Waals surface area contributed by atoms with Crippen molar-refractivity contribution in [3.63, 3.8) is 0 Å². The Labute approximate surface area is 119 Å². The summed E-state index contributed by atoms with van der Waals surface area (Å²) < 4.78 is 0. The van der Waals surface area contributed by atoms with E-state index in [1.165, 1.54) is 11.1 Å². The molecule has 0 saturated carbocycles. The molecule has 1 aromatic carbocycles. The molecule has 108 valence electrons. The summed E-state index contributed by atoms with van der Waals surface area (Å²) in [4.78, 5) is 0. The number of rotatable bonds is 3. The standard InChI is InChI=1S/C18H31N/c1-16(2,3)14-9-11-15(12-10-14)18(7,8)13-19-17(4,5)6/h9-12,19H,13H2,1-8H3. The lowest BCUT2D eigenvalue weighted by molar-refractivity contribution is 0.363. The van der Waals surface area contributed by atoms with Crippen LogP contribution in [-0.2, 0) is 10.8 Å². The van der Waals surface area contributed by atoms with E-state index >= 15 is 0 Å². The first-order valence-corrected chi connectivity index (χ1v) is 7.28. The predicted molar refractivity (Wildman–Crippen MR) is 85.9 cm³/mol. The van der Waals surface area contributed by atoms with Gasteiger partial charge in [0.2, 0.25) is 0 Å². The van der Waals surface area contributed by atoms with Gasteiger partial charge in [0.25, 0.3) is 0 Å². The van der Waals surface area contributed by atoms with Gasteiger partial charge in [0.15, 0.2) is 0 Å². The molecule has 0 heterocycles. The van der Waals surface area contributed by atoms with Crippen LogP contribution in [0.1, 0.15) is 66.5 Å². The van der Waals surface area contributed by atoms with Gasteiger partial charge in [0.1, 0.15) is 0 Å². The summed E-state index contributed by atoms with van der Waals surface area (Å²) in [6.45, 7) is 19.0. The van der Waals surface area contributed by atoms with Gasteiger partial charge in [-0.15, -0.1) is 0 Å². The zero-order valence-electron chi connectivity index (χ0n) is 14.0. The summed E-state index contributed by atoms with van der Waals surface area (Å²) in [6, 6.07) is 9.11. The maximum Gasteiger partial charge on any atom is 0.00968 e. The van der Waals surface area contributed by atoms with Crippen LogP contribution < -0.4 is 5.32 Å². The van der Waals surface area contributed by atoms with E-state index in [9.17, 15) is 0 Å². The minimum atomic E-state index is 0.156. The van der Waals surface area contributed by atoms with Gasteiger partial charge in [-0.2, -0.15) is 0 Å². The molecule has 1 aromatic rings. The van der Waals surface area contributed by atoms with Gasteiger partial charge >= 0.3 is 0 Å². The van der Waals surface area contributed by atoms with Crippen LogP contribution >= 0.6 is 0 Å². The largest absolute Gasteiger partial charge is 0.311 e. The monoisotopic (exact) mass is 261 g/mol. The summed E-state index contributed by atoms with van der Waals surface area (Å²) in [5, 5.41) is 3.61. The Balaban J connectivity index is 2.85. The lowest BCUT2D eigenvalue weighted by Gasteiger charge is -2.31. The zero-order chi connectivity index (χ0) is 14.9. The second kappa shape index (κ2) is 5.28. The Hall–Kier alpha value is -0.820. The highest BCUT2D eigenvalue weighted by molar-refractivity contribution is 5.31. The summed E-state index contributed by atoms with van der Waals surface area (Å²) in [5.41, 5.74) is 3.35. The Morgan fingerprint density at radius 2 is 1.16 bits per heavy atom. The minimum Gasteiger partial charge on any atom is -0.311 e. The smallest absolute Gasteiger partial charge is 0.00968 e. The Kier molecular flexibility index (Phi) is 4.51. The van der Waals surface area contributed by atoms with E-state index in [1.54, 1.807) is 0 Å². The molecular formula is C18H31N. The van der Waals surface area contributed by atoms with Crippen LogP contribution in [0, 0.1) is 0 Å². The highest BCUT2D eigenvalue weighted by Crippen LogP contribution is 2.27. The molecule has 0 fully saturated rings. The fourth-order valence-corrected chi connectivity index (χ4v) is 2.01. The molecule has 0 bridgehead atoms. The van der Waals surface area contributed by atoms with Gasteiger partial charge in [-0.3, -0.25) is 0 Å². The SMILES string of the molecule is CC(C)(C)NCC(C)(C)c1ccc(C(C)(C)C)cc1. The predicted octanol–water partition coefficient (Wildman–Crippen LogP) is 4.65. The number of hydrogen-bond acceptors (Lipinski definition) is 1. The van der Waals surface area contributed by atoms with Crippen LogP contribution in [0.2, 0.25) is 0 Å². The molecule has 0 spiro atoms. The van der Waals surface area contributed by atoms with Gasteiger partial charge < -0.3 is 5.32 Å². The molecule has 0 aromatic heterocycles. The first kappa shape index (κ1) is 16.2.